The van der Waals surface area contributed by atoms with E-state index in [0.717, 1.165) is 12.1 Å². The number of aryl methyl sites for hydroxylation is 1. The van der Waals surface area contributed by atoms with Gasteiger partial charge in [0.15, 0.2) is 0 Å². The van der Waals surface area contributed by atoms with Crippen molar-refractivity contribution in [3.05, 3.63) is 53.7 Å². The Balaban J connectivity index is 2.21. The Labute approximate surface area is 114 Å². The van der Waals surface area contributed by atoms with E-state index < -0.39 is 0 Å². The highest BCUT2D eigenvalue weighted by molar-refractivity contribution is 5.53. The second-order valence-corrected chi connectivity index (χ2v) is 4.58. The van der Waals surface area contributed by atoms with Crippen LogP contribution in [0.1, 0.15) is 30.5 Å². The molecule has 0 aliphatic rings. The third kappa shape index (κ3) is 3.25. The van der Waals surface area contributed by atoms with Crippen LogP contribution in [0.4, 0.5) is 5.69 Å². The number of nitrogens with zero attached hydrogens (tertiary/aromatic N) is 1. The molecule has 1 aromatic carbocycles. The summed E-state index contributed by atoms with van der Waals surface area (Å²) >= 11 is 0. The van der Waals surface area contributed by atoms with Crippen LogP contribution in [-0.4, -0.2) is 12.1 Å². The van der Waals surface area contributed by atoms with E-state index in [9.17, 15) is 0 Å². The quantitative estimate of drug-likeness (QED) is 0.879. The zero-order valence-electron chi connectivity index (χ0n) is 11.7. The molecule has 0 fully saturated rings. The van der Waals surface area contributed by atoms with Gasteiger partial charge in [0.05, 0.1) is 18.8 Å². The SMILES string of the molecule is CCC(Nc1cccnc1OC)c1ccc(C)cc1. The number of anilines is 1. The van der Waals surface area contributed by atoms with Crippen LogP contribution in [0.25, 0.3) is 0 Å². The van der Waals surface area contributed by atoms with Gasteiger partial charge in [-0.1, -0.05) is 36.8 Å². The summed E-state index contributed by atoms with van der Waals surface area (Å²) in [5, 5.41) is 3.50. The maximum absolute atomic E-state index is 5.27. The van der Waals surface area contributed by atoms with Crippen LogP contribution in [0.5, 0.6) is 5.88 Å². The third-order valence-corrected chi connectivity index (χ3v) is 3.18. The zero-order chi connectivity index (χ0) is 13.7. The van der Waals surface area contributed by atoms with Crippen LogP contribution in [0.15, 0.2) is 42.6 Å². The Hall–Kier alpha value is -2.03. The molecule has 1 atom stereocenters. The van der Waals surface area contributed by atoms with Gasteiger partial charge < -0.3 is 10.1 Å². The third-order valence-electron chi connectivity index (χ3n) is 3.18. The minimum Gasteiger partial charge on any atom is -0.480 e. The molecular formula is C16H20N2O. The van der Waals surface area contributed by atoms with Crippen molar-refractivity contribution < 1.29 is 4.74 Å². The van der Waals surface area contributed by atoms with E-state index in [4.69, 9.17) is 4.74 Å². The first-order valence-corrected chi connectivity index (χ1v) is 6.56. The lowest BCUT2D eigenvalue weighted by molar-refractivity contribution is 0.399. The second kappa shape index (κ2) is 6.23. The average Bonchev–Trinajstić information content (AvgIpc) is 2.46. The number of aromatic nitrogens is 1. The minimum atomic E-state index is 0.263. The van der Waals surface area contributed by atoms with Crippen LogP contribution in [0.2, 0.25) is 0 Å². The zero-order valence-corrected chi connectivity index (χ0v) is 11.7. The van der Waals surface area contributed by atoms with Gasteiger partial charge in [-0.15, -0.1) is 0 Å². The molecule has 1 unspecified atom stereocenters. The molecule has 2 rings (SSSR count). The van der Waals surface area contributed by atoms with Gasteiger partial charge in [0.1, 0.15) is 0 Å². The summed E-state index contributed by atoms with van der Waals surface area (Å²) in [6.07, 6.45) is 2.73. The van der Waals surface area contributed by atoms with Crippen molar-refractivity contribution in [2.24, 2.45) is 0 Å². The smallest absolute Gasteiger partial charge is 0.237 e. The number of pyridine rings is 1. The van der Waals surface area contributed by atoms with Gasteiger partial charge in [0.2, 0.25) is 5.88 Å². The summed E-state index contributed by atoms with van der Waals surface area (Å²) in [6.45, 7) is 4.27. The van der Waals surface area contributed by atoms with Gasteiger partial charge in [-0.2, -0.15) is 0 Å². The lowest BCUT2D eigenvalue weighted by atomic mass is 10.0. The fraction of sp³-hybridized carbons (Fsp3) is 0.312. The number of rotatable bonds is 5. The van der Waals surface area contributed by atoms with Crippen LogP contribution >= 0.6 is 0 Å². The summed E-state index contributed by atoms with van der Waals surface area (Å²) in [6, 6.07) is 12.8. The number of nitrogens with one attached hydrogen (secondary N) is 1. The fourth-order valence-corrected chi connectivity index (χ4v) is 2.07. The second-order valence-electron chi connectivity index (χ2n) is 4.58. The van der Waals surface area contributed by atoms with Crippen LogP contribution in [0.3, 0.4) is 0 Å². The Kier molecular flexibility index (Phi) is 4.39. The molecule has 1 N–H and O–H groups in total. The predicted molar refractivity (Wildman–Crippen MR) is 78.6 cm³/mol. The molecule has 0 aliphatic heterocycles. The fourth-order valence-electron chi connectivity index (χ4n) is 2.07. The molecule has 1 aromatic heterocycles. The highest BCUT2D eigenvalue weighted by Gasteiger charge is 2.11. The molecule has 3 nitrogen and oxygen atoms in total. The van der Waals surface area contributed by atoms with E-state index in [1.807, 2.05) is 12.1 Å². The number of hydrogen-bond acceptors (Lipinski definition) is 3. The molecule has 2 aromatic rings. The minimum absolute atomic E-state index is 0.263. The van der Waals surface area contributed by atoms with Crippen LogP contribution in [0, 0.1) is 6.92 Å². The summed E-state index contributed by atoms with van der Waals surface area (Å²) in [5.41, 5.74) is 3.48. The number of methoxy groups -OCH3 is 1. The van der Waals surface area contributed by atoms with Gasteiger partial charge in [-0.05, 0) is 31.0 Å². The van der Waals surface area contributed by atoms with E-state index in [2.05, 4.69) is 48.4 Å². The lowest BCUT2D eigenvalue weighted by Crippen LogP contribution is -2.10. The monoisotopic (exact) mass is 256 g/mol. The van der Waals surface area contributed by atoms with Crippen molar-refractivity contribution in [3.8, 4) is 5.88 Å². The van der Waals surface area contributed by atoms with Crippen LogP contribution in [-0.2, 0) is 0 Å². The standard InChI is InChI=1S/C16H20N2O/c1-4-14(13-9-7-12(2)8-10-13)18-15-6-5-11-17-16(15)19-3/h5-11,14,18H,4H2,1-3H3. The van der Waals surface area contributed by atoms with Crippen molar-refractivity contribution >= 4 is 5.69 Å². The molecule has 0 radical (unpaired) electrons. The van der Waals surface area contributed by atoms with Crippen molar-refractivity contribution in [2.45, 2.75) is 26.3 Å². The molecule has 0 saturated carbocycles. The highest BCUT2D eigenvalue weighted by atomic mass is 16.5. The number of benzene rings is 1. The van der Waals surface area contributed by atoms with Crippen molar-refractivity contribution in [1.29, 1.82) is 0 Å². The Morgan fingerprint density at radius 2 is 1.95 bits per heavy atom. The lowest BCUT2D eigenvalue weighted by Gasteiger charge is -2.20. The van der Waals surface area contributed by atoms with Crippen LogP contribution < -0.4 is 10.1 Å². The van der Waals surface area contributed by atoms with Crippen molar-refractivity contribution in [3.63, 3.8) is 0 Å². The highest BCUT2D eigenvalue weighted by Crippen LogP contribution is 2.27. The van der Waals surface area contributed by atoms with Crippen molar-refractivity contribution in [2.75, 3.05) is 12.4 Å². The van der Waals surface area contributed by atoms with E-state index in [0.29, 0.717) is 5.88 Å². The maximum atomic E-state index is 5.27. The van der Waals surface area contributed by atoms with E-state index in [-0.39, 0.29) is 6.04 Å². The van der Waals surface area contributed by atoms with E-state index >= 15 is 0 Å². The summed E-state index contributed by atoms with van der Waals surface area (Å²) in [5.74, 6) is 0.632. The predicted octanol–water partition coefficient (Wildman–Crippen LogP) is 3.96. The first-order valence-electron chi connectivity index (χ1n) is 6.56. The maximum Gasteiger partial charge on any atom is 0.237 e. The number of ether oxygens (including phenoxy) is 1. The van der Waals surface area contributed by atoms with Gasteiger partial charge in [-0.25, -0.2) is 4.98 Å². The molecule has 1 heterocycles. The van der Waals surface area contributed by atoms with Gasteiger partial charge >= 0.3 is 0 Å². The van der Waals surface area contributed by atoms with Gasteiger partial charge in [0.25, 0.3) is 0 Å². The molecule has 3 heteroatoms. The summed E-state index contributed by atoms with van der Waals surface area (Å²) < 4.78 is 5.27. The molecule has 0 amide bonds. The summed E-state index contributed by atoms with van der Waals surface area (Å²) in [7, 11) is 1.64. The normalized spacial score (nSPS) is 11.9. The Morgan fingerprint density at radius 3 is 2.58 bits per heavy atom. The largest absolute Gasteiger partial charge is 0.480 e. The molecule has 0 saturated heterocycles. The van der Waals surface area contributed by atoms with Gasteiger partial charge in [-0.3, -0.25) is 0 Å². The average molecular weight is 256 g/mol. The molecule has 0 aliphatic carbocycles. The molecule has 0 spiro atoms. The first-order chi connectivity index (χ1) is 9.24. The molecular weight excluding hydrogens is 236 g/mol. The Morgan fingerprint density at radius 1 is 1.21 bits per heavy atom. The topological polar surface area (TPSA) is 34.2 Å². The van der Waals surface area contributed by atoms with Crippen molar-refractivity contribution in [1.82, 2.24) is 4.98 Å². The molecule has 19 heavy (non-hydrogen) atoms. The first kappa shape index (κ1) is 13.4. The summed E-state index contributed by atoms with van der Waals surface area (Å²) in [4.78, 5) is 4.21. The van der Waals surface area contributed by atoms with E-state index in [1.54, 1.807) is 13.3 Å². The molecule has 100 valence electrons. The van der Waals surface area contributed by atoms with E-state index in [1.165, 1.54) is 11.1 Å². The van der Waals surface area contributed by atoms with Gasteiger partial charge in [0, 0.05) is 6.20 Å². The molecule has 0 bridgehead atoms. The number of hydrogen-bond donors (Lipinski definition) is 1. The Bertz CT molecular complexity index is 523.